The lowest BCUT2D eigenvalue weighted by molar-refractivity contribution is -0.384. The average Bonchev–Trinajstić information content (AvgIpc) is 3.37. The van der Waals surface area contributed by atoms with Gasteiger partial charge in [0.2, 0.25) is 0 Å². The number of amides is 1. The molecule has 0 bridgehead atoms. The molecule has 0 saturated carbocycles. The summed E-state index contributed by atoms with van der Waals surface area (Å²) in [5.41, 5.74) is 5.08. The number of carbonyl (C=O) groups is 1. The highest BCUT2D eigenvalue weighted by atomic mass is 35.5. The maximum absolute atomic E-state index is 12.6. The molecule has 0 atom stereocenters. The van der Waals surface area contributed by atoms with E-state index in [4.69, 9.17) is 16.6 Å². The molecular weight excluding hydrogens is 544 g/mol. The lowest BCUT2D eigenvalue weighted by Gasteiger charge is -2.13. The molecule has 1 aromatic heterocycles. The minimum atomic E-state index is -0.545. The van der Waals surface area contributed by atoms with Crippen molar-refractivity contribution in [3.63, 3.8) is 0 Å². The van der Waals surface area contributed by atoms with Gasteiger partial charge in [-0.1, -0.05) is 102 Å². The Bertz CT molecular complexity index is 1630. The predicted octanol–water partition coefficient (Wildman–Crippen LogP) is 7.68. The quantitative estimate of drug-likeness (QED) is 0.0807. The van der Waals surface area contributed by atoms with Crippen LogP contribution in [0, 0.1) is 10.1 Å². The second kappa shape index (κ2) is 12.6. The van der Waals surface area contributed by atoms with E-state index in [0.29, 0.717) is 18.7 Å². The first-order valence-electron chi connectivity index (χ1n) is 12.7. The minimum Gasteiger partial charge on any atom is -0.352 e. The molecule has 0 spiro atoms. The molecule has 7 nitrogen and oxygen atoms in total. The molecule has 5 rings (SSSR count). The molecule has 1 heterocycles. The van der Waals surface area contributed by atoms with E-state index in [-0.39, 0.29) is 22.2 Å². The molecular formula is C31H25ClN4O3S. The van der Waals surface area contributed by atoms with Crippen molar-refractivity contribution >= 4 is 35.0 Å². The molecule has 200 valence electrons. The molecule has 0 fully saturated rings. The third kappa shape index (κ3) is 6.09. The molecule has 0 aliphatic carbocycles. The van der Waals surface area contributed by atoms with Crippen LogP contribution >= 0.6 is 23.4 Å². The van der Waals surface area contributed by atoms with Crippen LogP contribution in [0.3, 0.4) is 0 Å². The zero-order chi connectivity index (χ0) is 27.9. The number of nitrogens with zero attached hydrogens (tertiary/aromatic N) is 3. The van der Waals surface area contributed by atoms with E-state index in [2.05, 4.69) is 46.3 Å². The molecule has 1 amide bonds. The van der Waals surface area contributed by atoms with Gasteiger partial charge in [-0.25, -0.2) is 4.98 Å². The topological polar surface area (TPSA) is 90.1 Å². The van der Waals surface area contributed by atoms with Crippen molar-refractivity contribution in [2.24, 2.45) is 0 Å². The van der Waals surface area contributed by atoms with Crippen LogP contribution in [0.4, 0.5) is 5.69 Å². The molecule has 0 aliphatic heterocycles. The highest BCUT2D eigenvalue weighted by Gasteiger charge is 2.21. The number of non-ortho nitro benzene ring substituents is 1. The Labute approximate surface area is 241 Å². The number of imidazole rings is 1. The number of benzene rings is 4. The Hall–Kier alpha value is -4.40. The minimum absolute atomic E-state index is 0.0489. The van der Waals surface area contributed by atoms with Crippen molar-refractivity contribution in [2.75, 3.05) is 12.3 Å². The molecule has 5 aromatic rings. The summed E-state index contributed by atoms with van der Waals surface area (Å²) in [6.45, 7) is 0.419. The van der Waals surface area contributed by atoms with E-state index in [1.807, 2.05) is 54.6 Å². The van der Waals surface area contributed by atoms with Crippen molar-refractivity contribution < 1.29 is 9.72 Å². The molecule has 0 saturated heterocycles. The van der Waals surface area contributed by atoms with Crippen LogP contribution in [0.15, 0.2) is 114 Å². The highest BCUT2D eigenvalue weighted by Crippen LogP contribution is 2.38. The number of hydrogen-bond donors (Lipinski definition) is 1. The van der Waals surface area contributed by atoms with Crippen LogP contribution in [-0.2, 0) is 0 Å². The fraction of sp³-hybridized carbons (Fsp3) is 0.0968. The normalized spacial score (nSPS) is 10.8. The monoisotopic (exact) mass is 568 g/mol. The number of rotatable bonds is 10. The van der Waals surface area contributed by atoms with Crippen molar-refractivity contribution in [3.8, 4) is 28.2 Å². The van der Waals surface area contributed by atoms with E-state index in [0.717, 1.165) is 33.4 Å². The number of para-hydroxylation sites is 1. The smallest absolute Gasteiger partial charge is 0.270 e. The standard InChI is InChI=1S/C31H25ClN4O3S/c32-27-21-25(36(38)39)17-18-26(27)30(37)33-19-10-20-40-31-34-28(22-11-4-1-5-12-22)29(23-13-6-2-7-14-23)35(31)24-15-8-3-9-16-24/h1-9,11-18,21H,10,19-20H2,(H,33,37). The largest absolute Gasteiger partial charge is 0.352 e. The maximum Gasteiger partial charge on any atom is 0.270 e. The number of halogens is 1. The van der Waals surface area contributed by atoms with Gasteiger partial charge in [0, 0.05) is 41.2 Å². The molecule has 0 unspecified atom stereocenters. The van der Waals surface area contributed by atoms with Gasteiger partial charge in [-0.2, -0.15) is 0 Å². The molecule has 1 N–H and O–H groups in total. The van der Waals surface area contributed by atoms with Crippen molar-refractivity contribution in [2.45, 2.75) is 11.6 Å². The Morgan fingerprint density at radius 3 is 2.15 bits per heavy atom. The fourth-order valence-electron chi connectivity index (χ4n) is 4.31. The third-order valence-corrected chi connectivity index (χ3v) is 7.54. The van der Waals surface area contributed by atoms with E-state index in [1.165, 1.54) is 18.2 Å². The Balaban J connectivity index is 1.37. The van der Waals surface area contributed by atoms with E-state index < -0.39 is 4.92 Å². The van der Waals surface area contributed by atoms with Gasteiger partial charge in [-0.05, 0) is 24.6 Å². The molecule has 4 aromatic carbocycles. The second-order valence-electron chi connectivity index (χ2n) is 8.87. The number of nitrogens with one attached hydrogen (secondary N) is 1. The van der Waals surface area contributed by atoms with Crippen molar-refractivity contribution in [1.29, 1.82) is 0 Å². The zero-order valence-corrected chi connectivity index (χ0v) is 22.9. The Morgan fingerprint density at radius 1 is 0.900 bits per heavy atom. The maximum atomic E-state index is 12.6. The number of carbonyl (C=O) groups excluding carboxylic acids is 1. The van der Waals surface area contributed by atoms with Gasteiger partial charge in [-0.15, -0.1) is 0 Å². The molecule has 9 heteroatoms. The summed E-state index contributed by atoms with van der Waals surface area (Å²) < 4.78 is 2.19. The number of thioether (sulfide) groups is 1. The second-order valence-corrected chi connectivity index (χ2v) is 10.3. The van der Waals surface area contributed by atoms with Gasteiger partial charge in [0.1, 0.15) is 0 Å². The van der Waals surface area contributed by atoms with Crippen molar-refractivity contribution in [3.05, 3.63) is 130 Å². The summed E-state index contributed by atoms with van der Waals surface area (Å²) in [5, 5.41) is 14.7. The van der Waals surface area contributed by atoms with E-state index in [1.54, 1.807) is 11.8 Å². The van der Waals surface area contributed by atoms with Gasteiger partial charge in [0.05, 0.1) is 26.9 Å². The van der Waals surface area contributed by atoms with Gasteiger partial charge >= 0.3 is 0 Å². The lowest BCUT2D eigenvalue weighted by atomic mass is 10.0. The first-order chi connectivity index (χ1) is 19.5. The van der Waals surface area contributed by atoms with Gasteiger partial charge in [0.25, 0.3) is 11.6 Å². The zero-order valence-electron chi connectivity index (χ0n) is 21.4. The lowest BCUT2D eigenvalue weighted by Crippen LogP contribution is -2.25. The summed E-state index contributed by atoms with van der Waals surface area (Å²) in [6.07, 6.45) is 0.685. The third-order valence-electron chi connectivity index (χ3n) is 6.20. The summed E-state index contributed by atoms with van der Waals surface area (Å²) >= 11 is 7.72. The van der Waals surface area contributed by atoms with Crippen LogP contribution in [0.5, 0.6) is 0 Å². The summed E-state index contributed by atoms with van der Waals surface area (Å²) in [6, 6.07) is 34.4. The highest BCUT2D eigenvalue weighted by molar-refractivity contribution is 7.99. The number of aromatic nitrogens is 2. The van der Waals surface area contributed by atoms with Crippen LogP contribution < -0.4 is 5.32 Å². The average molecular weight is 569 g/mol. The first kappa shape index (κ1) is 27.2. The molecule has 0 aliphatic rings. The first-order valence-corrected chi connectivity index (χ1v) is 14.0. The number of hydrogen-bond acceptors (Lipinski definition) is 5. The van der Waals surface area contributed by atoms with Gasteiger partial charge in [-0.3, -0.25) is 19.5 Å². The predicted molar refractivity (Wildman–Crippen MR) is 160 cm³/mol. The van der Waals surface area contributed by atoms with Crippen LogP contribution in [0.1, 0.15) is 16.8 Å². The summed E-state index contributed by atoms with van der Waals surface area (Å²) in [7, 11) is 0. The van der Waals surface area contributed by atoms with E-state index in [9.17, 15) is 14.9 Å². The summed E-state index contributed by atoms with van der Waals surface area (Å²) in [4.78, 5) is 28.1. The fourth-order valence-corrected chi connectivity index (χ4v) is 5.52. The van der Waals surface area contributed by atoms with E-state index >= 15 is 0 Å². The summed E-state index contributed by atoms with van der Waals surface area (Å²) in [5.74, 6) is 0.342. The Kier molecular flexibility index (Phi) is 8.59. The van der Waals surface area contributed by atoms with Gasteiger partial charge < -0.3 is 5.32 Å². The SMILES string of the molecule is O=C(NCCCSc1nc(-c2ccccc2)c(-c2ccccc2)n1-c1ccccc1)c1ccc([N+](=O)[O-])cc1Cl. The van der Waals surface area contributed by atoms with Gasteiger partial charge in [0.15, 0.2) is 5.16 Å². The van der Waals surface area contributed by atoms with Crippen LogP contribution in [0.2, 0.25) is 5.02 Å². The molecule has 40 heavy (non-hydrogen) atoms. The number of nitro groups is 1. The van der Waals surface area contributed by atoms with Crippen LogP contribution in [0.25, 0.3) is 28.2 Å². The number of nitro benzene ring substituents is 1. The Morgan fingerprint density at radius 2 is 1.52 bits per heavy atom. The van der Waals surface area contributed by atoms with Crippen LogP contribution in [-0.4, -0.2) is 32.7 Å². The van der Waals surface area contributed by atoms with Crippen molar-refractivity contribution in [1.82, 2.24) is 14.9 Å². The molecule has 0 radical (unpaired) electrons.